The van der Waals surface area contributed by atoms with Gasteiger partial charge in [-0.2, -0.15) is 10.1 Å². The van der Waals surface area contributed by atoms with Gasteiger partial charge in [0.2, 0.25) is 11.7 Å². The highest BCUT2D eigenvalue weighted by Gasteiger charge is 2.25. The summed E-state index contributed by atoms with van der Waals surface area (Å²) in [5, 5.41) is 10.3. The molecule has 1 fully saturated rings. The molecule has 1 saturated heterocycles. The van der Waals surface area contributed by atoms with Gasteiger partial charge in [-0.1, -0.05) is 17.6 Å². The van der Waals surface area contributed by atoms with Crippen molar-refractivity contribution in [3.8, 4) is 10.7 Å². The first-order valence-electron chi connectivity index (χ1n) is 7.81. The van der Waals surface area contributed by atoms with Crippen molar-refractivity contribution >= 4 is 11.3 Å². The van der Waals surface area contributed by atoms with Gasteiger partial charge in [0.25, 0.3) is 0 Å². The standard InChI is InChI=1S/C15H18N6OS/c1-2-6-20(12(4-1)8-21-11-16-10-17-21)9-14-18-15(19-22-14)13-5-3-7-23-13/h3,5,7,10-12H,1-2,4,6,8-9H2/t12-/m1/s1. The molecule has 4 heterocycles. The average Bonchev–Trinajstić information content (AvgIpc) is 3.31. The SMILES string of the molecule is c1csc(-c2noc(CN3CCCC[C@@H]3Cn3cncn3)n2)c1. The van der Waals surface area contributed by atoms with Crippen LogP contribution in [0.15, 0.2) is 34.7 Å². The largest absolute Gasteiger partial charge is 0.338 e. The molecular weight excluding hydrogens is 312 g/mol. The van der Waals surface area contributed by atoms with Crippen LogP contribution in [-0.2, 0) is 13.1 Å². The second kappa shape index (κ2) is 6.59. The molecule has 0 saturated carbocycles. The minimum atomic E-state index is 0.433. The molecule has 1 aliphatic heterocycles. The summed E-state index contributed by atoms with van der Waals surface area (Å²) in [6, 6.07) is 4.44. The molecular formula is C15H18N6OS. The van der Waals surface area contributed by atoms with Gasteiger partial charge >= 0.3 is 0 Å². The van der Waals surface area contributed by atoms with E-state index in [9.17, 15) is 0 Å². The topological polar surface area (TPSA) is 72.9 Å². The first-order valence-corrected chi connectivity index (χ1v) is 8.69. The van der Waals surface area contributed by atoms with Crippen molar-refractivity contribution in [3.63, 3.8) is 0 Å². The molecule has 0 aromatic carbocycles. The molecule has 0 bridgehead atoms. The summed E-state index contributed by atoms with van der Waals surface area (Å²) in [5.41, 5.74) is 0. The van der Waals surface area contributed by atoms with E-state index in [-0.39, 0.29) is 0 Å². The van der Waals surface area contributed by atoms with E-state index < -0.39 is 0 Å². The van der Waals surface area contributed by atoms with Gasteiger partial charge in [-0.15, -0.1) is 11.3 Å². The van der Waals surface area contributed by atoms with Crippen LogP contribution in [0.25, 0.3) is 10.7 Å². The van der Waals surface area contributed by atoms with E-state index >= 15 is 0 Å². The predicted molar refractivity (Wildman–Crippen MR) is 85.7 cm³/mol. The third-order valence-electron chi connectivity index (χ3n) is 4.16. The fourth-order valence-electron chi connectivity index (χ4n) is 3.02. The average molecular weight is 330 g/mol. The zero-order valence-electron chi connectivity index (χ0n) is 12.7. The minimum absolute atomic E-state index is 0.433. The molecule has 0 unspecified atom stereocenters. The molecule has 3 aromatic rings. The van der Waals surface area contributed by atoms with E-state index in [1.54, 1.807) is 24.0 Å². The molecule has 4 rings (SSSR count). The molecule has 0 radical (unpaired) electrons. The number of nitrogens with zero attached hydrogens (tertiary/aromatic N) is 6. The Balaban J connectivity index is 1.45. The van der Waals surface area contributed by atoms with E-state index in [1.165, 1.54) is 12.8 Å². The normalized spacial score (nSPS) is 19.2. The van der Waals surface area contributed by atoms with Gasteiger partial charge in [0.05, 0.1) is 18.0 Å². The number of thiophene rings is 1. The Hall–Kier alpha value is -2.06. The van der Waals surface area contributed by atoms with Gasteiger partial charge in [0, 0.05) is 6.04 Å². The van der Waals surface area contributed by atoms with E-state index in [0.717, 1.165) is 24.4 Å². The van der Waals surface area contributed by atoms with Gasteiger partial charge in [-0.25, -0.2) is 4.98 Å². The summed E-state index contributed by atoms with van der Waals surface area (Å²) >= 11 is 1.62. The predicted octanol–water partition coefficient (Wildman–Crippen LogP) is 2.44. The van der Waals surface area contributed by atoms with Gasteiger partial charge < -0.3 is 4.52 Å². The lowest BCUT2D eigenvalue weighted by molar-refractivity contribution is 0.108. The van der Waals surface area contributed by atoms with Gasteiger partial charge in [-0.05, 0) is 30.8 Å². The maximum absolute atomic E-state index is 5.44. The Labute approximate surface area is 138 Å². The van der Waals surface area contributed by atoms with E-state index in [1.807, 2.05) is 22.2 Å². The smallest absolute Gasteiger partial charge is 0.241 e. The lowest BCUT2D eigenvalue weighted by atomic mass is 10.0. The fraction of sp³-hybridized carbons (Fsp3) is 0.467. The highest BCUT2D eigenvalue weighted by Crippen LogP contribution is 2.24. The van der Waals surface area contributed by atoms with Crippen molar-refractivity contribution in [3.05, 3.63) is 36.1 Å². The molecule has 1 atom stereocenters. The molecule has 120 valence electrons. The fourth-order valence-corrected chi connectivity index (χ4v) is 3.67. The molecule has 0 spiro atoms. The Morgan fingerprint density at radius 2 is 2.35 bits per heavy atom. The second-order valence-corrected chi connectivity index (χ2v) is 6.67. The quantitative estimate of drug-likeness (QED) is 0.715. The first kappa shape index (κ1) is 14.5. The highest BCUT2D eigenvalue weighted by molar-refractivity contribution is 7.13. The molecule has 0 N–H and O–H groups in total. The number of likely N-dealkylation sites (tertiary alicyclic amines) is 1. The first-order chi connectivity index (χ1) is 11.4. The number of piperidine rings is 1. The molecule has 8 heteroatoms. The van der Waals surface area contributed by atoms with Crippen molar-refractivity contribution in [2.24, 2.45) is 0 Å². The Morgan fingerprint density at radius 1 is 1.35 bits per heavy atom. The summed E-state index contributed by atoms with van der Waals surface area (Å²) in [5.74, 6) is 1.36. The van der Waals surface area contributed by atoms with Gasteiger partial charge in [0.15, 0.2) is 0 Å². The Bertz CT molecular complexity index is 723. The van der Waals surface area contributed by atoms with Crippen LogP contribution in [0.3, 0.4) is 0 Å². The Morgan fingerprint density at radius 3 is 3.17 bits per heavy atom. The van der Waals surface area contributed by atoms with E-state index in [0.29, 0.717) is 24.3 Å². The third-order valence-corrected chi connectivity index (χ3v) is 5.03. The van der Waals surface area contributed by atoms with Crippen LogP contribution in [0.2, 0.25) is 0 Å². The lowest BCUT2D eigenvalue weighted by Gasteiger charge is -2.34. The summed E-state index contributed by atoms with van der Waals surface area (Å²) in [6.07, 6.45) is 6.97. The van der Waals surface area contributed by atoms with Crippen LogP contribution in [0.5, 0.6) is 0 Å². The monoisotopic (exact) mass is 330 g/mol. The maximum Gasteiger partial charge on any atom is 0.241 e. The van der Waals surface area contributed by atoms with Crippen molar-refractivity contribution in [2.75, 3.05) is 6.54 Å². The zero-order chi connectivity index (χ0) is 15.5. The third kappa shape index (κ3) is 3.32. The minimum Gasteiger partial charge on any atom is -0.338 e. The summed E-state index contributed by atoms with van der Waals surface area (Å²) in [7, 11) is 0. The van der Waals surface area contributed by atoms with E-state index in [2.05, 4.69) is 25.1 Å². The van der Waals surface area contributed by atoms with Crippen LogP contribution >= 0.6 is 11.3 Å². The highest BCUT2D eigenvalue weighted by atomic mass is 32.1. The van der Waals surface area contributed by atoms with Crippen LogP contribution in [0.4, 0.5) is 0 Å². The van der Waals surface area contributed by atoms with Crippen molar-refractivity contribution < 1.29 is 4.52 Å². The zero-order valence-corrected chi connectivity index (χ0v) is 13.5. The summed E-state index contributed by atoms with van der Waals surface area (Å²) in [4.78, 5) is 12.0. The molecule has 23 heavy (non-hydrogen) atoms. The van der Waals surface area contributed by atoms with Crippen LogP contribution in [0, 0.1) is 0 Å². The van der Waals surface area contributed by atoms with Gasteiger partial charge in [-0.3, -0.25) is 9.58 Å². The van der Waals surface area contributed by atoms with Crippen LogP contribution in [0.1, 0.15) is 25.2 Å². The maximum atomic E-state index is 5.44. The van der Waals surface area contributed by atoms with Crippen molar-refractivity contribution in [1.29, 1.82) is 0 Å². The molecule has 0 amide bonds. The number of rotatable bonds is 5. The van der Waals surface area contributed by atoms with Crippen LogP contribution in [-0.4, -0.2) is 42.4 Å². The number of hydrogen-bond acceptors (Lipinski definition) is 7. The van der Waals surface area contributed by atoms with Crippen LogP contribution < -0.4 is 0 Å². The molecule has 0 aliphatic carbocycles. The number of aromatic nitrogens is 5. The lowest BCUT2D eigenvalue weighted by Crippen LogP contribution is -2.41. The Kier molecular flexibility index (Phi) is 4.16. The summed E-state index contributed by atoms with van der Waals surface area (Å²) < 4.78 is 7.34. The number of hydrogen-bond donors (Lipinski definition) is 0. The van der Waals surface area contributed by atoms with Crippen molar-refractivity contribution in [1.82, 2.24) is 29.8 Å². The molecule has 1 aliphatic rings. The summed E-state index contributed by atoms with van der Waals surface area (Å²) in [6.45, 7) is 2.60. The van der Waals surface area contributed by atoms with E-state index in [4.69, 9.17) is 4.52 Å². The second-order valence-electron chi connectivity index (χ2n) is 5.73. The van der Waals surface area contributed by atoms with Gasteiger partial charge in [0.1, 0.15) is 12.7 Å². The molecule has 3 aromatic heterocycles. The van der Waals surface area contributed by atoms with Crippen molar-refractivity contribution in [2.45, 2.75) is 38.4 Å². The molecule has 7 nitrogen and oxygen atoms in total.